The molecule has 2 aromatic rings. The van der Waals surface area contributed by atoms with Gasteiger partial charge in [0.05, 0.1) is 12.2 Å². The Morgan fingerprint density at radius 2 is 2.05 bits per heavy atom. The molecule has 0 saturated heterocycles. The maximum atomic E-state index is 5.63. The first-order valence-electron chi connectivity index (χ1n) is 6.85. The largest absolute Gasteiger partial charge is 0.464 e. The van der Waals surface area contributed by atoms with Crippen molar-refractivity contribution in [1.29, 1.82) is 0 Å². The van der Waals surface area contributed by atoms with Crippen LogP contribution in [0.4, 0.5) is 5.69 Å². The van der Waals surface area contributed by atoms with Crippen LogP contribution in [-0.4, -0.2) is 13.6 Å². The predicted octanol–water partition coefficient (Wildman–Crippen LogP) is 4.10. The van der Waals surface area contributed by atoms with Crippen LogP contribution in [-0.2, 0) is 13.1 Å². The lowest BCUT2D eigenvalue weighted by Crippen LogP contribution is -2.17. The molecule has 0 spiro atoms. The summed E-state index contributed by atoms with van der Waals surface area (Å²) in [6.45, 7) is 6.73. The summed E-state index contributed by atoms with van der Waals surface area (Å²) in [5.41, 5.74) is 2.45. The molecule has 0 saturated carbocycles. The highest BCUT2D eigenvalue weighted by molar-refractivity contribution is 9.10. The van der Waals surface area contributed by atoms with Crippen molar-refractivity contribution >= 4 is 21.6 Å². The maximum Gasteiger partial charge on any atom is 0.123 e. The molecular formula is C16H21BrN2O. The third kappa shape index (κ3) is 3.87. The van der Waals surface area contributed by atoms with E-state index in [2.05, 4.69) is 58.3 Å². The molecule has 0 amide bonds. The lowest BCUT2D eigenvalue weighted by molar-refractivity contribution is 0.481. The van der Waals surface area contributed by atoms with Crippen LogP contribution >= 0.6 is 15.9 Å². The number of hydrogen-bond donors (Lipinski definition) is 1. The quantitative estimate of drug-likeness (QED) is 0.860. The minimum Gasteiger partial charge on any atom is -0.464 e. The second kappa shape index (κ2) is 6.95. The average Bonchev–Trinajstić information content (AvgIpc) is 2.81. The molecule has 20 heavy (non-hydrogen) atoms. The van der Waals surface area contributed by atoms with Gasteiger partial charge in [-0.15, -0.1) is 0 Å². The fraction of sp³-hybridized carbons (Fsp3) is 0.375. The fourth-order valence-electron chi connectivity index (χ4n) is 2.13. The predicted molar refractivity (Wildman–Crippen MR) is 87.1 cm³/mol. The van der Waals surface area contributed by atoms with Gasteiger partial charge in [0.2, 0.25) is 0 Å². The van der Waals surface area contributed by atoms with Gasteiger partial charge in [-0.3, -0.25) is 0 Å². The number of aryl methyl sites for hydroxylation is 1. The Morgan fingerprint density at radius 1 is 1.25 bits per heavy atom. The van der Waals surface area contributed by atoms with E-state index in [9.17, 15) is 0 Å². The van der Waals surface area contributed by atoms with E-state index >= 15 is 0 Å². The van der Waals surface area contributed by atoms with Crippen molar-refractivity contribution in [2.75, 3.05) is 18.5 Å². The zero-order chi connectivity index (χ0) is 14.5. The Bertz CT molecular complexity index is 565. The second-order valence-electron chi connectivity index (χ2n) is 4.93. The number of rotatable bonds is 6. The zero-order valence-corrected chi connectivity index (χ0v) is 13.8. The van der Waals surface area contributed by atoms with Crippen molar-refractivity contribution < 1.29 is 4.42 Å². The molecule has 0 radical (unpaired) electrons. The molecule has 108 valence electrons. The van der Waals surface area contributed by atoms with Gasteiger partial charge < -0.3 is 14.6 Å². The number of nitrogens with zero attached hydrogens (tertiary/aromatic N) is 1. The van der Waals surface area contributed by atoms with Gasteiger partial charge in [-0.05, 0) is 59.2 Å². The van der Waals surface area contributed by atoms with Crippen LogP contribution in [0.3, 0.4) is 0 Å². The molecule has 0 fully saturated rings. The van der Waals surface area contributed by atoms with Gasteiger partial charge in [-0.2, -0.15) is 0 Å². The summed E-state index contributed by atoms with van der Waals surface area (Å²) >= 11 is 3.66. The van der Waals surface area contributed by atoms with Crippen LogP contribution in [0.25, 0.3) is 0 Å². The molecule has 1 aromatic heterocycles. The second-order valence-corrected chi connectivity index (χ2v) is 5.79. The molecule has 3 nitrogen and oxygen atoms in total. The molecule has 4 heteroatoms. The molecule has 0 aliphatic heterocycles. The highest BCUT2D eigenvalue weighted by Gasteiger charge is 2.09. The van der Waals surface area contributed by atoms with Crippen LogP contribution in [0, 0.1) is 6.92 Å². The summed E-state index contributed by atoms with van der Waals surface area (Å²) < 4.78 is 6.74. The first kappa shape index (κ1) is 15.1. The van der Waals surface area contributed by atoms with Gasteiger partial charge in [-0.1, -0.05) is 13.0 Å². The van der Waals surface area contributed by atoms with Crippen LogP contribution in [0.2, 0.25) is 0 Å². The maximum absolute atomic E-state index is 5.63. The SMILES string of the molecule is CCNCc1ccc(N(C)Cc2ccc(C)o2)c(Br)c1. The number of nitrogens with one attached hydrogen (secondary N) is 1. The summed E-state index contributed by atoms with van der Waals surface area (Å²) in [5.74, 6) is 1.93. The number of benzene rings is 1. The molecule has 0 bridgehead atoms. The Kier molecular flexibility index (Phi) is 5.26. The normalized spacial score (nSPS) is 10.8. The third-order valence-electron chi connectivity index (χ3n) is 3.19. The molecule has 1 aromatic carbocycles. The van der Waals surface area contributed by atoms with Crippen molar-refractivity contribution in [2.24, 2.45) is 0 Å². The van der Waals surface area contributed by atoms with Crippen molar-refractivity contribution in [3.63, 3.8) is 0 Å². The Labute approximate surface area is 129 Å². The number of anilines is 1. The van der Waals surface area contributed by atoms with Gasteiger partial charge in [0, 0.05) is 18.1 Å². The number of halogens is 1. The lowest BCUT2D eigenvalue weighted by Gasteiger charge is -2.20. The summed E-state index contributed by atoms with van der Waals surface area (Å²) in [5, 5.41) is 3.33. The Balaban J connectivity index is 2.07. The van der Waals surface area contributed by atoms with Crippen molar-refractivity contribution in [2.45, 2.75) is 26.9 Å². The summed E-state index contributed by atoms with van der Waals surface area (Å²) in [6.07, 6.45) is 0. The molecule has 2 rings (SSSR count). The summed E-state index contributed by atoms with van der Waals surface area (Å²) in [4.78, 5) is 2.18. The molecular weight excluding hydrogens is 316 g/mol. The van der Waals surface area contributed by atoms with Crippen molar-refractivity contribution in [3.8, 4) is 0 Å². The third-order valence-corrected chi connectivity index (χ3v) is 3.83. The van der Waals surface area contributed by atoms with E-state index < -0.39 is 0 Å². The highest BCUT2D eigenvalue weighted by Crippen LogP contribution is 2.28. The first-order valence-corrected chi connectivity index (χ1v) is 7.65. The van der Waals surface area contributed by atoms with Gasteiger partial charge >= 0.3 is 0 Å². The van der Waals surface area contributed by atoms with E-state index in [1.807, 2.05) is 19.1 Å². The summed E-state index contributed by atoms with van der Waals surface area (Å²) in [6, 6.07) is 10.5. The Hall–Kier alpha value is -1.26. The fourth-order valence-corrected chi connectivity index (χ4v) is 2.86. The standard InChI is InChI=1S/C16H21BrN2O/c1-4-18-10-13-6-8-16(15(17)9-13)19(3)11-14-7-5-12(2)20-14/h5-9,18H,4,10-11H2,1-3H3. The molecule has 0 aliphatic carbocycles. The number of furan rings is 1. The molecule has 0 atom stereocenters. The van der Waals surface area contributed by atoms with Crippen molar-refractivity contribution in [1.82, 2.24) is 5.32 Å². The van der Waals surface area contributed by atoms with Crippen LogP contribution in [0.5, 0.6) is 0 Å². The van der Waals surface area contributed by atoms with Crippen LogP contribution in [0.1, 0.15) is 24.0 Å². The lowest BCUT2D eigenvalue weighted by atomic mass is 10.2. The van der Waals surface area contributed by atoms with Gasteiger partial charge in [0.25, 0.3) is 0 Å². The van der Waals surface area contributed by atoms with E-state index in [-0.39, 0.29) is 0 Å². The van der Waals surface area contributed by atoms with Gasteiger partial charge in [0.15, 0.2) is 0 Å². The average molecular weight is 337 g/mol. The van der Waals surface area contributed by atoms with Crippen LogP contribution < -0.4 is 10.2 Å². The van der Waals surface area contributed by atoms with E-state index in [0.717, 1.165) is 35.6 Å². The van der Waals surface area contributed by atoms with E-state index in [1.54, 1.807) is 0 Å². The van der Waals surface area contributed by atoms with Gasteiger partial charge in [0.1, 0.15) is 11.5 Å². The van der Waals surface area contributed by atoms with Crippen molar-refractivity contribution in [3.05, 3.63) is 51.9 Å². The Morgan fingerprint density at radius 3 is 2.65 bits per heavy atom. The van der Waals surface area contributed by atoms with E-state index in [1.165, 1.54) is 11.3 Å². The molecule has 0 unspecified atom stereocenters. The zero-order valence-electron chi connectivity index (χ0n) is 12.2. The van der Waals surface area contributed by atoms with E-state index in [4.69, 9.17) is 4.42 Å². The van der Waals surface area contributed by atoms with E-state index in [0.29, 0.717) is 0 Å². The number of hydrogen-bond acceptors (Lipinski definition) is 3. The topological polar surface area (TPSA) is 28.4 Å². The smallest absolute Gasteiger partial charge is 0.123 e. The monoisotopic (exact) mass is 336 g/mol. The van der Waals surface area contributed by atoms with Gasteiger partial charge in [-0.25, -0.2) is 0 Å². The molecule has 1 heterocycles. The van der Waals surface area contributed by atoms with Crippen LogP contribution in [0.15, 0.2) is 39.2 Å². The minimum absolute atomic E-state index is 0.763. The first-order chi connectivity index (χ1) is 9.60. The molecule has 0 aliphatic rings. The summed E-state index contributed by atoms with van der Waals surface area (Å²) in [7, 11) is 2.07. The highest BCUT2D eigenvalue weighted by atomic mass is 79.9. The molecule has 1 N–H and O–H groups in total. The minimum atomic E-state index is 0.763.